The number of nitrogen functional groups attached to an aromatic ring is 1. The molecule has 0 radical (unpaired) electrons. The van der Waals surface area contributed by atoms with Crippen molar-refractivity contribution >= 4 is 5.69 Å². The van der Waals surface area contributed by atoms with Crippen LogP contribution >= 0.6 is 0 Å². The number of aryl methyl sites for hydroxylation is 1. The second kappa shape index (κ2) is 3.16. The summed E-state index contributed by atoms with van der Waals surface area (Å²) in [7, 11) is 0. The van der Waals surface area contributed by atoms with Crippen molar-refractivity contribution in [3.05, 3.63) is 41.0 Å². The third kappa shape index (κ3) is 1.20. The van der Waals surface area contributed by atoms with Gasteiger partial charge in [0.15, 0.2) is 0 Å². The largest absolute Gasteiger partial charge is 0.399 e. The lowest BCUT2D eigenvalue weighted by Gasteiger charge is -2.41. The number of rotatable bonds is 0. The third-order valence-corrected chi connectivity index (χ3v) is 5.26. The van der Waals surface area contributed by atoms with Crippen molar-refractivity contribution in [3.63, 3.8) is 0 Å². The van der Waals surface area contributed by atoms with Crippen LogP contribution < -0.4 is 5.73 Å². The van der Waals surface area contributed by atoms with E-state index >= 15 is 0 Å². The molecule has 17 heavy (non-hydrogen) atoms. The van der Waals surface area contributed by atoms with Gasteiger partial charge in [-0.2, -0.15) is 0 Å². The van der Waals surface area contributed by atoms with Gasteiger partial charge in [0.2, 0.25) is 0 Å². The molecule has 0 aliphatic heterocycles. The summed E-state index contributed by atoms with van der Waals surface area (Å²) in [5.74, 6) is 0.873. The first-order valence-electron chi connectivity index (χ1n) is 6.85. The minimum atomic E-state index is 0.465. The molecule has 1 aromatic carbocycles. The first-order chi connectivity index (χ1) is 8.28. The molecule has 1 nitrogen and oxygen atoms in total. The van der Waals surface area contributed by atoms with E-state index in [1.807, 2.05) is 0 Å². The van der Waals surface area contributed by atoms with Crippen LogP contribution in [0.15, 0.2) is 29.8 Å². The number of allylic oxidation sites excluding steroid dienone is 2. The van der Waals surface area contributed by atoms with E-state index in [0.717, 1.165) is 11.6 Å². The summed E-state index contributed by atoms with van der Waals surface area (Å²) in [6.45, 7) is 0. The summed E-state index contributed by atoms with van der Waals surface area (Å²) in [5, 5.41) is 0. The van der Waals surface area contributed by atoms with Crippen LogP contribution in [-0.4, -0.2) is 0 Å². The molecule has 0 amide bonds. The molecule has 2 N–H and O–H groups in total. The van der Waals surface area contributed by atoms with Crippen molar-refractivity contribution in [3.8, 4) is 0 Å². The zero-order chi connectivity index (χ0) is 11.5. The smallest absolute Gasteiger partial charge is 0.0317 e. The van der Waals surface area contributed by atoms with Crippen LogP contribution in [0.2, 0.25) is 0 Å². The van der Waals surface area contributed by atoms with E-state index in [9.17, 15) is 0 Å². The third-order valence-electron chi connectivity index (χ3n) is 5.26. The SMILES string of the molecule is Nc1ccc2c(c1)C1(CCC2)CC2=CCC1C2. The Morgan fingerprint density at radius 3 is 3.00 bits per heavy atom. The lowest BCUT2D eigenvalue weighted by Crippen LogP contribution is -2.35. The highest BCUT2D eigenvalue weighted by Gasteiger charge is 2.49. The fraction of sp³-hybridized carbons (Fsp3) is 0.500. The van der Waals surface area contributed by atoms with Crippen molar-refractivity contribution in [1.29, 1.82) is 0 Å². The molecule has 1 spiro atoms. The van der Waals surface area contributed by atoms with Gasteiger partial charge in [-0.3, -0.25) is 0 Å². The van der Waals surface area contributed by atoms with Gasteiger partial charge in [-0.05, 0) is 67.7 Å². The Kier molecular flexibility index (Phi) is 1.81. The van der Waals surface area contributed by atoms with Crippen molar-refractivity contribution in [2.75, 3.05) is 5.73 Å². The zero-order valence-electron chi connectivity index (χ0n) is 10.2. The molecular weight excluding hydrogens is 206 g/mol. The highest BCUT2D eigenvalue weighted by molar-refractivity contribution is 5.51. The molecule has 2 atom stereocenters. The summed E-state index contributed by atoms with van der Waals surface area (Å²) < 4.78 is 0. The lowest BCUT2D eigenvalue weighted by molar-refractivity contribution is 0.270. The molecule has 0 heterocycles. The molecule has 1 heteroatoms. The van der Waals surface area contributed by atoms with Crippen LogP contribution in [0.4, 0.5) is 5.69 Å². The Morgan fingerprint density at radius 1 is 1.29 bits per heavy atom. The minimum absolute atomic E-state index is 0.465. The molecule has 2 unspecified atom stereocenters. The van der Waals surface area contributed by atoms with Gasteiger partial charge in [-0.25, -0.2) is 0 Å². The zero-order valence-corrected chi connectivity index (χ0v) is 10.2. The summed E-state index contributed by atoms with van der Waals surface area (Å²) in [6.07, 6.45) is 10.5. The van der Waals surface area contributed by atoms with E-state index in [0.29, 0.717) is 5.41 Å². The van der Waals surface area contributed by atoms with Crippen LogP contribution in [0.25, 0.3) is 0 Å². The number of hydrogen-bond acceptors (Lipinski definition) is 1. The molecule has 2 bridgehead atoms. The maximum atomic E-state index is 6.02. The van der Waals surface area contributed by atoms with Gasteiger partial charge in [0, 0.05) is 11.1 Å². The summed E-state index contributed by atoms with van der Waals surface area (Å²) in [4.78, 5) is 0. The first kappa shape index (κ1) is 9.76. The number of hydrogen-bond donors (Lipinski definition) is 1. The van der Waals surface area contributed by atoms with Gasteiger partial charge in [0.1, 0.15) is 0 Å². The molecule has 0 saturated heterocycles. The highest BCUT2D eigenvalue weighted by atomic mass is 14.6. The Morgan fingerprint density at radius 2 is 2.24 bits per heavy atom. The van der Waals surface area contributed by atoms with E-state index in [4.69, 9.17) is 5.73 Å². The van der Waals surface area contributed by atoms with Crippen LogP contribution in [-0.2, 0) is 11.8 Å². The Hall–Kier alpha value is -1.24. The van der Waals surface area contributed by atoms with Gasteiger partial charge in [0.05, 0.1) is 0 Å². The number of benzene rings is 1. The highest BCUT2D eigenvalue weighted by Crippen LogP contribution is 2.58. The lowest BCUT2D eigenvalue weighted by atomic mass is 9.62. The predicted octanol–water partition coefficient (Wildman–Crippen LogP) is 3.58. The number of fused-ring (bicyclic) bond motifs is 5. The second-order valence-corrected chi connectivity index (χ2v) is 6.10. The monoisotopic (exact) mass is 225 g/mol. The van der Waals surface area contributed by atoms with Crippen molar-refractivity contribution in [1.82, 2.24) is 0 Å². The Bertz CT molecular complexity index is 514. The van der Waals surface area contributed by atoms with Crippen molar-refractivity contribution < 1.29 is 0 Å². The topological polar surface area (TPSA) is 26.0 Å². The molecule has 1 aromatic rings. The average Bonchev–Trinajstić information content (AvgIpc) is 2.91. The van der Waals surface area contributed by atoms with E-state index in [1.165, 1.54) is 38.5 Å². The number of anilines is 1. The molecular formula is C16H19N. The molecule has 1 saturated carbocycles. The molecule has 88 valence electrons. The van der Waals surface area contributed by atoms with Crippen LogP contribution in [0.1, 0.15) is 43.2 Å². The molecule has 3 aliphatic carbocycles. The van der Waals surface area contributed by atoms with Crippen molar-refractivity contribution in [2.24, 2.45) is 5.92 Å². The van der Waals surface area contributed by atoms with Gasteiger partial charge in [-0.15, -0.1) is 0 Å². The Labute approximate surface area is 103 Å². The Balaban J connectivity index is 1.90. The van der Waals surface area contributed by atoms with Crippen molar-refractivity contribution in [2.45, 2.75) is 43.9 Å². The molecule has 1 fully saturated rings. The van der Waals surface area contributed by atoms with E-state index in [2.05, 4.69) is 24.3 Å². The van der Waals surface area contributed by atoms with Gasteiger partial charge in [-0.1, -0.05) is 17.7 Å². The van der Waals surface area contributed by atoms with E-state index in [1.54, 1.807) is 16.7 Å². The van der Waals surface area contributed by atoms with E-state index in [-0.39, 0.29) is 0 Å². The van der Waals surface area contributed by atoms with Crippen LogP contribution in [0.3, 0.4) is 0 Å². The number of nitrogens with two attached hydrogens (primary N) is 1. The standard InChI is InChI=1S/C16H19N/c17-14-6-4-12-2-1-7-16(15(12)9-14)10-11-3-5-13(16)8-11/h3-4,6,9,13H,1-2,5,7-8,10,17H2. The van der Waals surface area contributed by atoms with Crippen LogP contribution in [0.5, 0.6) is 0 Å². The maximum absolute atomic E-state index is 6.02. The summed E-state index contributed by atoms with van der Waals surface area (Å²) in [5.41, 5.74) is 12.3. The molecule has 4 rings (SSSR count). The normalized spacial score (nSPS) is 33.9. The first-order valence-corrected chi connectivity index (χ1v) is 6.85. The van der Waals surface area contributed by atoms with Gasteiger partial charge < -0.3 is 5.73 Å². The fourth-order valence-electron chi connectivity index (χ4n) is 4.52. The minimum Gasteiger partial charge on any atom is -0.399 e. The molecule has 0 aromatic heterocycles. The van der Waals surface area contributed by atoms with Crippen LogP contribution in [0, 0.1) is 5.92 Å². The average molecular weight is 225 g/mol. The maximum Gasteiger partial charge on any atom is 0.0317 e. The molecule has 3 aliphatic rings. The summed E-state index contributed by atoms with van der Waals surface area (Å²) >= 11 is 0. The predicted molar refractivity (Wildman–Crippen MR) is 70.9 cm³/mol. The quantitative estimate of drug-likeness (QED) is 0.530. The van der Waals surface area contributed by atoms with Gasteiger partial charge in [0.25, 0.3) is 0 Å². The fourth-order valence-corrected chi connectivity index (χ4v) is 4.52. The summed E-state index contributed by atoms with van der Waals surface area (Å²) in [6, 6.07) is 6.62. The van der Waals surface area contributed by atoms with E-state index < -0.39 is 0 Å². The van der Waals surface area contributed by atoms with Gasteiger partial charge >= 0.3 is 0 Å². The second-order valence-electron chi connectivity index (χ2n) is 6.10.